The molecule has 0 N–H and O–H groups in total. The first kappa shape index (κ1) is 34.2. The predicted molar refractivity (Wildman–Crippen MR) is 220 cm³/mol. The molecule has 3 heterocycles. The summed E-state index contributed by atoms with van der Waals surface area (Å²) in [5, 5.41) is 0. The van der Waals surface area contributed by atoms with Gasteiger partial charge in [0.05, 0.1) is 23.5 Å². The molecule has 2 aliphatic heterocycles. The van der Waals surface area contributed by atoms with E-state index in [4.69, 9.17) is 4.98 Å². The first-order valence-corrected chi connectivity index (χ1v) is 19.6. The molecule has 0 amide bonds. The molecule has 1 aromatic heterocycles. The molecular weight excluding hydrogens is 655 g/mol. The van der Waals surface area contributed by atoms with Crippen LogP contribution < -0.4 is 0 Å². The van der Waals surface area contributed by atoms with Crippen LogP contribution in [0.25, 0.3) is 0 Å². The molecular formula is C51H47N3. The van der Waals surface area contributed by atoms with Crippen LogP contribution in [0.2, 0.25) is 0 Å². The van der Waals surface area contributed by atoms with Crippen molar-refractivity contribution >= 4 is 0 Å². The molecule has 0 radical (unpaired) electrons. The fourth-order valence-electron chi connectivity index (χ4n) is 9.47. The summed E-state index contributed by atoms with van der Waals surface area (Å²) >= 11 is 0. The van der Waals surface area contributed by atoms with E-state index in [2.05, 4.69) is 210 Å². The largest absolute Gasteiger partial charge is 0.283 e. The van der Waals surface area contributed by atoms with Gasteiger partial charge in [0.1, 0.15) is 0 Å². The van der Waals surface area contributed by atoms with Gasteiger partial charge in [-0.15, -0.1) is 0 Å². The van der Waals surface area contributed by atoms with E-state index in [1.807, 2.05) is 0 Å². The molecule has 0 bridgehead atoms. The highest BCUT2D eigenvalue weighted by Crippen LogP contribution is 2.55. The molecule has 6 aromatic carbocycles. The Labute approximate surface area is 320 Å². The second-order valence-electron chi connectivity index (χ2n) is 15.1. The van der Waals surface area contributed by atoms with Gasteiger partial charge in [0.15, 0.2) is 0 Å². The second kappa shape index (κ2) is 15.8. The third-order valence-electron chi connectivity index (χ3n) is 11.9. The van der Waals surface area contributed by atoms with Crippen LogP contribution in [0.3, 0.4) is 0 Å². The molecule has 7 aromatic rings. The lowest BCUT2D eigenvalue weighted by molar-refractivity contribution is 0.171. The number of benzene rings is 6. The van der Waals surface area contributed by atoms with Gasteiger partial charge in [-0.2, -0.15) is 0 Å². The van der Waals surface area contributed by atoms with E-state index in [-0.39, 0.29) is 24.2 Å². The van der Waals surface area contributed by atoms with Crippen molar-refractivity contribution in [3.63, 3.8) is 0 Å². The molecule has 0 saturated carbocycles. The SMILES string of the molecule is c1ccc(CN2[C@H](c3cccc([C@@H]4C[C@@H](c5ccccc5)[C@H](c5ccccc5)N4Cc4ccccc4)n3)C[C@@H](c3ccccc3)[C@@H]2c2ccccc2)cc1. The molecule has 6 atom stereocenters. The van der Waals surface area contributed by atoms with Crippen molar-refractivity contribution in [3.05, 3.63) is 245 Å². The van der Waals surface area contributed by atoms with E-state index in [0.29, 0.717) is 11.8 Å². The monoisotopic (exact) mass is 701 g/mol. The first-order valence-electron chi connectivity index (χ1n) is 19.6. The van der Waals surface area contributed by atoms with Crippen LogP contribution in [-0.4, -0.2) is 14.8 Å². The van der Waals surface area contributed by atoms with Crippen molar-refractivity contribution in [1.29, 1.82) is 0 Å². The number of aromatic nitrogens is 1. The maximum Gasteiger partial charge on any atom is 0.0580 e. The van der Waals surface area contributed by atoms with E-state index >= 15 is 0 Å². The van der Waals surface area contributed by atoms with Crippen molar-refractivity contribution in [2.24, 2.45) is 0 Å². The van der Waals surface area contributed by atoms with Crippen LogP contribution in [0.15, 0.2) is 200 Å². The molecule has 2 aliphatic rings. The van der Waals surface area contributed by atoms with Gasteiger partial charge in [0.2, 0.25) is 0 Å². The quantitative estimate of drug-likeness (QED) is 0.142. The van der Waals surface area contributed by atoms with Gasteiger partial charge >= 0.3 is 0 Å². The zero-order valence-corrected chi connectivity index (χ0v) is 30.7. The average molecular weight is 702 g/mol. The Bertz CT molecular complexity index is 2050. The molecule has 3 nitrogen and oxygen atoms in total. The van der Waals surface area contributed by atoms with E-state index in [9.17, 15) is 0 Å². The number of likely N-dealkylation sites (tertiary alicyclic amines) is 2. The number of rotatable bonds is 10. The Kier molecular flexibility index (Phi) is 9.99. The van der Waals surface area contributed by atoms with Crippen LogP contribution >= 0.6 is 0 Å². The lowest BCUT2D eigenvalue weighted by atomic mass is 9.86. The third-order valence-corrected chi connectivity index (χ3v) is 11.9. The van der Waals surface area contributed by atoms with Crippen LogP contribution in [0.5, 0.6) is 0 Å². The van der Waals surface area contributed by atoms with Gasteiger partial charge in [-0.25, -0.2) is 0 Å². The molecule has 0 unspecified atom stereocenters. The summed E-state index contributed by atoms with van der Waals surface area (Å²) < 4.78 is 0. The van der Waals surface area contributed by atoms with Gasteiger partial charge in [-0.05, 0) is 58.4 Å². The van der Waals surface area contributed by atoms with Gasteiger partial charge in [-0.1, -0.05) is 188 Å². The highest BCUT2D eigenvalue weighted by Gasteiger charge is 2.46. The Morgan fingerprint density at radius 2 is 0.667 bits per heavy atom. The van der Waals surface area contributed by atoms with Gasteiger partial charge < -0.3 is 0 Å². The maximum atomic E-state index is 5.75. The fraction of sp³-hybridized carbons (Fsp3) is 0.196. The van der Waals surface area contributed by atoms with E-state index in [1.165, 1.54) is 44.8 Å². The molecule has 2 fully saturated rings. The molecule has 0 spiro atoms. The van der Waals surface area contributed by atoms with Gasteiger partial charge in [-0.3, -0.25) is 14.8 Å². The molecule has 54 heavy (non-hydrogen) atoms. The highest BCUT2D eigenvalue weighted by molar-refractivity contribution is 5.36. The third kappa shape index (κ3) is 7.06. The summed E-state index contributed by atoms with van der Waals surface area (Å²) in [5.41, 5.74) is 10.5. The maximum absolute atomic E-state index is 5.75. The number of hydrogen-bond acceptors (Lipinski definition) is 3. The minimum absolute atomic E-state index is 0.152. The molecule has 2 saturated heterocycles. The summed E-state index contributed by atoms with van der Waals surface area (Å²) in [7, 11) is 0. The van der Waals surface area contributed by atoms with Crippen LogP contribution in [0, 0.1) is 0 Å². The van der Waals surface area contributed by atoms with Gasteiger partial charge in [0.25, 0.3) is 0 Å². The Morgan fingerprint density at radius 1 is 0.352 bits per heavy atom. The van der Waals surface area contributed by atoms with E-state index < -0.39 is 0 Å². The lowest BCUT2D eigenvalue weighted by Crippen LogP contribution is -2.29. The predicted octanol–water partition coefficient (Wildman–Crippen LogP) is 12.0. The minimum atomic E-state index is 0.152. The summed E-state index contributed by atoms with van der Waals surface area (Å²) in [6.07, 6.45) is 2.01. The standard InChI is InChI=1S/C51H47N3/c1-7-20-38(21-8-1)36-53-48(34-44(40-24-11-3-12-25-40)50(53)42-28-15-5-16-29-42)46-32-19-33-47(52-46)49-35-45(41-26-13-4-14-27-41)51(43-30-17-6-18-31-43)54(49)37-39-22-9-2-10-23-39/h1-33,44-45,48-51H,34-37H2/t44-,45-,48-,49-,50-,51-/m0/s1. The van der Waals surface area contributed by atoms with E-state index in [0.717, 1.165) is 25.9 Å². The molecule has 266 valence electrons. The number of hydrogen-bond donors (Lipinski definition) is 0. The minimum Gasteiger partial charge on any atom is -0.283 e. The van der Waals surface area contributed by atoms with Crippen molar-refractivity contribution < 1.29 is 0 Å². The smallest absolute Gasteiger partial charge is 0.0580 e. The molecule has 0 aliphatic carbocycles. The van der Waals surface area contributed by atoms with Crippen molar-refractivity contribution in [1.82, 2.24) is 14.8 Å². The highest BCUT2D eigenvalue weighted by atomic mass is 15.2. The topological polar surface area (TPSA) is 19.4 Å². The number of nitrogens with zero attached hydrogens (tertiary/aromatic N) is 3. The van der Waals surface area contributed by atoms with Crippen molar-refractivity contribution in [3.8, 4) is 0 Å². The Hall–Kier alpha value is -5.61. The van der Waals surface area contributed by atoms with Gasteiger partial charge in [0, 0.05) is 37.0 Å². The summed E-state index contributed by atoms with van der Waals surface area (Å²) in [5.74, 6) is 0.664. The second-order valence-corrected chi connectivity index (χ2v) is 15.1. The average Bonchev–Trinajstić information content (AvgIpc) is 3.82. The molecule has 3 heteroatoms. The molecule has 9 rings (SSSR count). The Balaban J connectivity index is 1.15. The van der Waals surface area contributed by atoms with Crippen LogP contribution in [0.1, 0.15) is 93.6 Å². The summed E-state index contributed by atoms with van der Waals surface area (Å²) in [6.45, 7) is 1.71. The zero-order valence-electron chi connectivity index (χ0n) is 30.7. The van der Waals surface area contributed by atoms with Crippen LogP contribution in [0.4, 0.5) is 0 Å². The summed E-state index contributed by atoms with van der Waals surface area (Å²) in [6, 6.07) is 74.2. The van der Waals surface area contributed by atoms with Crippen LogP contribution in [-0.2, 0) is 13.1 Å². The lowest BCUT2D eigenvalue weighted by Gasteiger charge is -2.33. The summed E-state index contributed by atoms with van der Waals surface area (Å²) in [4.78, 5) is 11.2. The zero-order chi connectivity index (χ0) is 36.1. The first-order chi connectivity index (χ1) is 26.8. The van der Waals surface area contributed by atoms with Crippen molar-refractivity contribution in [2.75, 3.05) is 0 Å². The number of pyridine rings is 1. The fourth-order valence-corrected chi connectivity index (χ4v) is 9.47. The van der Waals surface area contributed by atoms with Crippen molar-refractivity contribution in [2.45, 2.75) is 61.9 Å². The van der Waals surface area contributed by atoms with E-state index in [1.54, 1.807) is 0 Å². The normalized spacial score (nSPS) is 23.0. The Morgan fingerprint density at radius 3 is 1.02 bits per heavy atom.